The molecule has 38 heavy (non-hydrogen) atoms. The highest BCUT2D eigenvalue weighted by atomic mass is 19.1. The summed E-state index contributed by atoms with van der Waals surface area (Å²) in [5.74, 6) is -1.55. The van der Waals surface area contributed by atoms with E-state index in [1.54, 1.807) is 24.3 Å². The lowest BCUT2D eigenvalue weighted by Gasteiger charge is -2.33. The first-order chi connectivity index (χ1) is 18.5. The Morgan fingerprint density at radius 3 is 2.47 bits per heavy atom. The second-order valence-corrected chi connectivity index (χ2v) is 9.96. The molecule has 2 aliphatic rings. The molecule has 0 saturated carbocycles. The molecule has 1 aliphatic heterocycles. The van der Waals surface area contributed by atoms with Crippen LogP contribution in [0.5, 0.6) is 0 Å². The van der Waals surface area contributed by atoms with Crippen molar-refractivity contribution in [3.63, 3.8) is 0 Å². The second-order valence-electron chi connectivity index (χ2n) is 9.96. The van der Waals surface area contributed by atoms with Crippen LogP contribution in [0.25, 0.3) is 17.2 Å². The number of carbonyl (C=O) groups is 1. The van der Waals surface area contributed by atoms with Gasteiger partial charge in [0.05, 0.1) is 12.2 Å². The number of likely N-dealkylation sites (tertiary alicyclic amines) is 1. The van der Waals surface area contributed by atoms with Gasteiger partial charge in [-0.15, -0.1) is 0 Å². The van der Waals surface area contributed by atoms with E-state index < -0.39 is 18.5 Å². The number of aryl methyl sites for hydroxylation is 1. The van der Waals surface area contributed by atoms with E-state index in [1.807, 2.05) is 30.3 Å². The van der Waals surface area contributed by atoms with Gasteiger partial charge in [0.25, 0.3) is 0 Å². The van der Waals surface area contributed by atoms with Crippen LogP contribution in [0, 0.1) is 5.82 Å². The highest BCUT2D eigenvalue weighted by Gasteiger charge is 2.24. The zero-order valence-electron chi connectivity index (χ0n) is 21.2. The number of nitrogens with zero attached hydrogens (tertiary/aromatic N) is 1. The minimum Gasteiger partial charge on any atom is -0.478 e. The van der Waals surface area contributed by atoms with Gasteiger partial charge in [0.1, 0.15) is 12.5 Å². The molecule has 0 spiro atoms. The van der Waals surface area contributed by atoms with Crippen LogP contribution in [0.4, 0.5) is 13.2 Å². The molecule has 1 fully saturated rings. The summed E-state index contributed by atoms with van der Waals surface area (Å²) in [7, 11) is 0. The van der Waals surface area contributed by atoms with E-state index in [0.717, 1.165) is 59.5 Å². The van der Waals surface area contributed by atoms with Gasteiger partial charge >= 0.3 is 5.97 Å². The van der Waals surface area contributed by atoms with Crippen molar-refractivity contribution in [1.29, 1.82) is 0 Å². The number of hydrogen-bond acceptors (Lipinski definition) is 2. The first-order valence-corrected chi connectivity index (χ1v) is 13.0. The second kappa shape index (κ2) is 11.4. The Morgan fingerprint density at radius 2 is 1.76 bits per heavy atom. The number of halogens is 3. The topological polar surface area (TPSA) is 40.5 Å². The summed E-state index contributed by atoms with van der Waals surface area (Å²) in [6, 6.07) is 17.9. The van der Waals surface area contributed by atoms with Crippen LogP contribution in [0.15, 0.2) is 66.2 Å². The lowest BCUT2D eigenvalue weighted by Crippen LogP contribution is -2.40. The standard InChI is InChI=1S/C32H30F3NO2/c33-14-3-15-36-19-22(20-36)16-21-8-10-23(11-9-21)31-26-13-12-25(32(37)38)17-24(26)4-1-6-28(31)27-5-2-7-30(35)29(27)18-34/h2,5,7-13,16-17H,1,3-4,6,14-15,18-20H2,(H,37,38). The van der Waals surface area contributed by atoms with Gasteiger partial charge in [0.2, 0.25) is 0 Å². The number of carboxylic acids is 1. The molecule has 1 N–H and O–H groups in total. The highest BCUT2D eigenvalue weighted by Crippen LogP contribution is 2.41. The average molecular weight is 518 g/mol. The number of fused-ring (bicyclic) bond motifs is 1. The maximum atomic E-state index is 14.6. The Labute approximate surface area is 220 Å². The first-order valence-electron chi connectivity index (χ1n) is 13.0. The summed E-state index contributed by atoms with van der Waals surface area (Å²) in [5, 5.41) is 9.53. The lowest BCUT2D eigenvalue weighted by molar-refractivity contribution is 0.0696. The van der Waals surface area contributed by atoms with E-state index in [9.17, 15) is 23.1 Å². The van der Waals surface area contributed by atoms with Crippen LogP contribution in [0.3, 0.4) is 0 Å². The molecular weight excluding hydrogens is 487 g/mol. The molecule has 3 aromatic carbocycles. The third kappa shape index (κ3) is 5.32. The number of allylic oxidation sites excluding steroid dienone is 1. The fraction of sp³-hybridized carbons (Fsp3) is 0.281. The number of benzene rings is 3. The van der Waals surface area contributed by atoms with Gasteiger partial charge in [0.15, 0.2) is 0 Å². The number of rotatable bonds is 8. The Kier molecular flexibility index (Phi) is 7.79. The molecule has 196 valence electrons. The van der Waals surface area contributed by atoms with E-state index >= 15 is 0 Å². The SMILES string of the molecule is O=C(O)c1ccc2c(c1)CCCC(c1cccc(F)c1CF)=C2c1ccc(C=C2CN(CCCF)C2)cc1. The zero-order chi connectivity index (χ0) is 26.6. The van der Waals surface area contributed by atoms with Crippen LogP contribution in [0.2, 0.25) is 0 Å². The molecular formula is C32H30F3NO2. The first kappa shape index (κ1) is 26.0. The number of hydrogen-bond donors (Lipinski definition) is 1. The van der Waals surface area contributed by atoms with Crippen LogP contribution >= 0.6 is 0 Å². The Hall–Kier alpha value is -3.64. The summed E-state index contributed by atoms with van der Waals surface area (Å²) < 4.78 is 41.1. The van der Waals surface area contributed by atoms with Crippen molar-refractivity contribution in [2.75, 3.05) is 26.3 Å². The van der Waals surface area contributed by atoms with Gasteiger partial charge in [-0.1, -0.05) is 48.5 Å². The summed E-state index contributed by atoms with van der Waals surface area (Å²) >= 11 is 0. The highest BCUT2D eigenvalue weighted by molar-refractivity contribution is 6.01. The number of carboxylic acid groups (broad SMARTS) is 1. The summed E-state index contributed by atoms with van der Waals surface area (Å²) in [5.41, 5.74) is 7.67. The molecule has 3 nitrogen and oxygen atoms in total. The van der Waals surface area contributed by atoms with Crippen molar-refractivity contribution in [2.45, 2.75) is 32.4 Å². The molecule has 6 heteroatoms. The minimum absolute atomic E-state index is 0.0502. The summed E-state index contributed by atoms with van der Waals surface area (Å²) in [6.45, 7) is 1.27. The monoisotopic (exact) mass is 517 g/mol. The largest absolute Gasteiger partial charge is 0.478 e. The van der Waals surface area contributed by atoms with Crippen molar-refractivity contribution >= 4 is 23.2 Å². The van der Waals surface area contributed by atoms with Gasteiger partial charge in [-0.05, 0) is 88.4 Å². The molecule has 0 radical (unpaired) electrons. The van der Waals surface area contributed by atoms with E-state index in [0.29, 0.717) is 24.8 Å². The molecule has 1 heterocycles. The van der Waals surface area contributed by atoms with Crippen molar-refractivity contribution in [2.24, 2.45) is 0 Å². The van der Waals surface area contributed by atoms with E-state index in [1.165, 1.54) is 11.6 Å². The van der Waals surface area contributed by atoms with Gasteiger partial charge < -0.3 is 5.11 Å². The molecule has 0 amide bonds. The molecule has 1 aliphatic carbocycles. The maximum absolute atomic E-state index is 14.6. The predicted molar refractivity (Wildman–Crippen MR) is 145 cm³/mol. The third-order valence-corrected chi connectivity index (χ3v) is 7.41. The minimum atomic E-state index is -0.982. The zero-order valence-corrected chi connectivity index (χ0v) is 21.2. The smallest absolute Gasteiger partial charge is 0.335 e. The molecule has 5 rings (SSSR count). The number of aromatic carboxylic acids is 1. The van der Waals surface area contributed by atoms with Crippen LogP contribution < -0.4 is 0 Å². The lowest BCUT2D eigenvalue weighted by atomic mass is 9.85. The Balaban J connectivity index is 1.58. The molecule has 0 bridgehead atoms. The van der Waals surface area contributed by atoms with Crippen molar-refractivity contribution in [3.05, 3.63) is 111 Å². The van der Waals surface area contributed by atoms with Crippen LogP contribution in [-0.4, -0.2) is 42.3 Å². The normalized spacial score (nSPS) is 15.6. The van der Waals surface area contributed by atoms with E-state index in [-0.39, 0.29) is 17.8 Å². The van der Waals surface area contributed by atoms with Crippen LogP contribution in [0.1, 0.15) is 63.0 Å². The average Bonchev–Trinajstić information content (AvgIpc) is 3.09. The van der Waals surface area contributed by atoms with Crippen molar-refractivity contribution in [1.82, 2.24) is 4.90 Å². The Morgan fingerprint density at radius 1 is 0.974 bits per heavy atom. The molecule has 0 aromatic heterocycles. The predicted octanol–water partition coefficient (Wildman–Crippen LogP) is 7.35. The number of alkyl halides is 2. The van der Waals surface area contributed by atoms with Gasteiger partial charge in [-0.25, -0.2) is 13.6 Å². The molecule has 1 saturated heterocycles. The third-order valence-electron chi connectivity index (χ3n) is 7.41. The fourth-order valence-corrected chi connectivity index (χ4v) is 5.54. The van der Waals surface area contributed by atoms with Gasteiger partial charge in [-0.2, -0.15) is 0 Å². The van der Waals surface area contributed by atoms with E-state index in [2.05, 4.69) is 11.0 Å². The van der Waals surface area contributed by atoms with Crippen molar-refractivity contribution < 1.29 is 23.1 Å². The molecule has 0 unspecified atom stereocenters. The quantitative estimate of drug-likeness (QED) is 0.340. The van der Waals surface area contributed by atoms with Crippen molar-refractivity contribution in [3.8, 4) is 0 Å². The van der Waals surface area contributed by atoms with Gasteiger partial charge in [0, 0.05) is 25.2 Å². The maximum Gasteiger partial charge on any atom is 0.335 e. The summed E-state index contributed by atoms with van der Waals surface area (Å²) in [6.07, 6.45) is 4.74. The van der Waals surface area contributed by atoms with E-state index in [4.69, 9.17) is 0 Å². The molecule has 0 atom stereocenters. The molecule has 3 aromatic rings. The summed E-state index contributed by atoms with van der Waals surface area (Å²) in [4.78, 5) is 13.9. The van der Waals surface area contributed by atoms with Gasteiger partial charge in [-0.3, -0.25) is 9.29 Å². The fourth-order valence-electron chi connectivity index (χ4n) is 5.54. The van der Waals surface area contributed by atoms with Crippen LogP contribution in [-0.2, 0) is 13.1 Å². The Bertz CT molecular complexity index is 1400.